The number of rotatable bonds is 3. The summed E-state index contributed by atoms with van der Waals surface area (Å²) >= 11 is 0. The number of aromatic nitrogens is 4. The summed E-state index contributed by atoms with van der Waals surface area (Å²) < 4.78 is 5.91. The molecule has 2 aliphatic heterocycles. The van der Waals surface area contributed by atoms with Gasteiger partial charge in [0.1, 0.15) is 28.6 Å². The maximum Gasteiger partial charge on any atom is 0.305 e. The molecular weight excluding hydrogens is 544 g/mol. The molecule has 5 aromatic rings. The molecule has 13 nitrogen and oxygen atoms in total. The van der Waals surface area contributed by atoms with Crippen LogP contribution in [0, 0.1) is 40.6 Å². The fourth-order valence-corrected chi connectivity index (χ4v) is 4.45. The van der Waals surface area contributed by atoms with E-state index in [1.54, 1.807) is 48.5 Å². The van der Waals surface area contributed by atoms with Gasteiger partial charge in [0.05, 0.1) is 34.3 Å². The van der Waals surface area contributed by atoms with Gasteiger partial charge in [0, 0.05) is 5.56 Å². The minimum absolute atomic E-state index is 0.00596. The Bertz CT molecular complexity index is 2480. The standard InChI is InChI=1S/C30H10N12O/c1-34-22(14-33)28-37-21-11-10-15(16(12-31)24(21)39-28)25-40-27(17(13-32)26-35-18-6-2-3-7-19(18)36-26)42-29(41-25)30-38-20-8-4-5-9-23(20)43-30/h2-11H/b28-22+. The third kappa shape index (κ3) is 4.07. The zero-order valence-electron chi connectivity index (χ0n) is 21.5. The summed E-state index contributed by atoms with van der Waals surface area (Å²) in [6.45, 7) is 7.22. The highest BCUT2D eigenvalue weighted by Crippen LogP contribution is 2.27. The summed E-state index contributed by atoms with van der Waals surface area (Å²) in [4.78, 5) is 38.7. The molecule has 2 aromatic heterocycles. The van der Waals surface area contributed by atoms with E-state index < -0.39 is 0 Å². The molecule has 0 amide bonds. The minimum atomic E-state index is -0.308. The topological polar surface area (TPSA) is 190 Å². The number of para-hydroxylation sites is 4. The first-order valence-corrected chi connectivity index (χ1v) is 12.4. The molecule has 0 spiro atoms. The van der Waals surface area contributed by atoms with Crippen molar-refractivity contribution in [3.8, 4) is 41.3 Å². The summed E-state index contributed by atoms with van der Waals surface area (Å²) in [5, 5.41) is 31.3. The number of benzene rings is 3. The number of hydrogen-bond donors (Lipinski definition) is 0. The van der Waals surface area contributed by atoms with Crippen LogP contribution in [0.5, 0.6) is 0 Å². The molecule has 7 rings (SSSR count). The van der Waals surface area contributed by atoms with Crippen molar-refractivity contribution in [2.24, 2.45) is 20.0 Å². The monoisotopic (exact) mass is 554 g/mol. The lowest BCUT2D eigenvalue weighted by molar-refractivity contribution is 0.612. The van der Waals surface area contributed by atoms with Crippen LogP contribution in [-0.4, -0.2) is 19.9 Å². The summed E-state index contributed by atoms with van der Waals surface area (Å²) in [6.07, 6.45) is 0. The van der Waals surface area contributed by atoms with Gasteiger partial charge in [-0.2, -0.15) is 10.5 Å². The number of nitriles is 3. The van der Waals surface area contributed by atoms with Gasteiger partial charge in [0.25, 0.3) is 5.89 Å². The highest BCUT2D eigenvalue weighted by molar-refractivity contribution is 5.79. The van der Waals surface area contributed by atoms with Crippen LogP contribution in [0.15, 0.2) is 102 Å². The number of fused-ring (bicyclic) bond motifs is 3. The van der Waals surface area contributed by atoms with Crippen molar-refractivity contribution >= 4 is 16.7 Å². The normalized spacial score (nSPS) is 13.5. The molecule has 0 unspecified atom stereocenters. The van der Waals surface area contributed by atoms with E-state index in [1.807, 2.05) is 18.2 Å². The molecule has 0 atom stereocenters. The number of nitrogens with zero attached hydrogens (tertiary/aromatic N) is 12. The Labute approximate surface area is 240 Å². The highest BCUT2D eigenvalue weighted by atomic mass is 16.3. The summed E-state index contributed by atoms with van der Waals surface area (Å²) in [7, 11) is 0. The van der Waals surface area contributed by atoms with Gasteiger partial charge in [0.2, 0.25) is 5.82 Å². The SMILES string of the molecule is [C-]#[N+]/C(C#N)=C1\N=c2ccc(-c3nc(C(C#N)=C4N=c5ccccc5=N4)nc(-c4nc5ccccc5o4)n3)c(C#N)c2=N1. The van der Waals surface area contributed by atoms with Crippen molar-refractivity contribution in [3.63, 3.8) is 0 Å². The third-order valence-corrected chi connectivity index (χ3v) is 6.40. The Balaban J connectivity index is 1.50. The summed E-state index contributed by atoms with van der Waals surface area (Å²) in [6, 6.07) is 23.4. The fourth-order valence-electron chi connectivity index (χ4n) is 4.45. The maximum absolute atomic E-state index is 10.2. The Kier molecular flexibility index (Phi) is 5.63. The van der Waals surface area contributed by atoms with E-state index in [9.17, 15) is 15.8 Å². The number of allylic oxidation sites excluding steroid dienone is 2. The van der Waals surface area contributed by atoms with Gasteiger partial charge < -0.3 is 4.42 Å². The van der Waals surface area contributed by atoms with Crippen molar-refractivity contribution in [1.29, 1.82) is 15.8 Å². The minimum Gasteiger partial charge on any atom is -0.434 e. The first-order valence-electron chi connectivity index (χ1n) is 12.4. The van der Waals surface area contributed by atoms with Gasteiger partial charge >= 0.3 is 5.70 Å². The molecule has 0 saturated carbocycles. The third-order valence-electron chi connectivity index (χ3n) is 6.40. The first-order chi connectivity index (χ1) is 21.1. The molecule has 196 valence electrons. The van der Waals surface area contributed by atoms with E-state index in [0.717, 1.165) is 0 Å². The zero-order chi connectivity index (χ0) is 29.5. The molecule has 43 heavy (non-hydrogen) atoms. The maximum atomic E-state index is 10.2. The lowest BCUT2D eigenvalue weighted by atomic mass is 10.1. The Morgan fingerprint density at radius 3 is 2.14 bits per heavy atom. The van der Waals surface area contributed by atoms with Crippen LogP contribution in [-0.2, 0) is 0 Å². The van der Waals surface area contributed by atoms with Crippen LogP contribution in [0.3, 0.4) is 0 Å². The van der Waals surface area contributed by atoms with Crippen molar-refractivity contribution in [2.75, 3.05) is 0 Å². The quantitative estimate of drug-likeness (QED) is 0.239. The van der Waals surface area contributed by atoms with Gasteiger partial charge in [-0.15, -0.1) is 0 Å². The Morgan fingerprint density at radius 2 is 1.44 bits per heavy atom. The van der Waals surface area contributed by atoms with Crippen LogP contribution in [0.2, 0.25) is 0 Å². The van der Waals surface area contributed by atoms with Gasteiger partial charge in [-0.3, -0.25) is 0 Å². The summed E-state index contributed by atoms with van der Waals surface area (Å²) in [5.41, 5.74) is 1.02. The highest BCUT2D eigenvalue weighted by Gasteiger charge is 2.23. The van der Waals surface area contributed by atoms with Crippen LogP contribution < -0.4 is 21.4 Å². The van der Waals surface area contributed by atoms with Crippen LogP contribution in [0.1, 0.15) is 11.4 Å². The second kappa shape index (κ2) is 9.76. The molecule has 0 fully saturated rings. The van der Waals surface area contributed by atoms with Crippen LogP contribution in [0.25, 0.3) is 44.6 Å². The largest absolute Gasteiger partial charge is 0.434 e. The second-order valence-electron chi connectivity index (χ2n) is 8.90. The van der Waals surface area contributed by atoms with Crippen molar-refractivity contribution in [1.82, 2.24) is 19.9 Å². The first kappa shape index (κ1) is 24.8. The lowest BCUT2D eigenvalue weighted by Crippen LogP contribution is -2.25. The van der Waals surface area contributed by atoms with Gasteiger partial charge in [-0.25, -0.2) is 50.0 Å². The predicted octanol–water partition coefficient (Wildman–Crippen LogP) is 2.23. The Morgan fingerprint density at radius 1 is 0.721 bits per heavy atom. The van der Waals surface area contributed by atoms with E-state index >= 15 is 0 Å². The molecule has 0 radical (unpaired) electrons. The number of oxazole rings is 1. The van der Waals surface area contributed by atoms with Crippen LogP contribution in [0.4, 0.5) is 0 Å². The molecule has 13 heteroatoms. The van der Waals surface area contributed by atoms with Gasteiger partial charge in [-0.1, -0.05) is 24.3 Å². The fraction of sp³-hybridized carbons (Fsp3) is 0. The molecular formula is C30H10N12O. The van der Waals surface area contributed by atoms with Gasteiger partial charge in [0.15, 0.2) is 28.9 Å². The van der Waals surface area contributed by atoms with E-state index in [4.69, 9.17) is 11.0 Å². The van der Waals surface area contributed by atoms with E-state index in [2.05, 4.69) is 56.9 Å². The van der Waals surface area contributed by atoms with E-state index in [-0.39, 0.29) is 62.8 Å². The molecule has 0 N–H and O–H groups in total. The van der Waals surface area contributed by atoms with Crippen molar-refractivity contribution < 1.29 is 4.42 Å². The Hall–Kier alpha value is -7.22. The molecule has 0 bridgehead atoms. The average molecular weight is 554 g/mol. The zero-order valence-corrected chi connectivity index (χ0v) is 21.5. The van der Waals surface area contributed by atoms with Crippen molar-refractivity contribution in [2.45, 2.75) is 0 Å². The summed E-state index contributed by atoms with van der Waals surface area (Å²) in [5.74, 6) is 0.0506. The molecule has 0 aliphatic carbocycles. The molecule has 4 heterocycles. The van der Waals surface area contributed by atoms with Gasteiger partial charge in [-0.05, 0) is 36.4 Å². The average Bonchev–Trinajstić information content (AvgIpc) is 3.78. The van der Waals surface area contributed by atoms with E-state index in [1.165, 1.54) is 0 Å². The molecule has 2 aliphatic rings. The lowest BCUT2D eigenvalue weighted by Gasteiger charge is -2.07. The van der Waals surface area contributed by atoms with E-state index in [0.29, 0.717) is 27.2 Å². The van der Waals surface area contributed by atoms with Crippen LogP contribution >= 0.6 is 0 Å². The second-order valence-corrected chi connectivity index (χ2v) is 8.90. The van der Waals surface area contributed by atoms with Crippen molar-refractivity contribution in [3.05, 3.63) is 122 Å². The number of hydrogen-bond acceptors (Lipinski definition) is 12. The predicted molar refractivity (Wildman–Crippen MR) is 146 cm³/mol. The smallest absolute Gasteiger partial charge is 0.305 e. The molecule has 0 saturated heterocycles. The molecule has 3 aromatic carbocycles.